The predicted octanol–water partition coefficient (Wildman–Crippen LogP) is 3.03. The largest absolute Gasteiger partial charge is 0.464 e. The number of amides is 1. The number of ether oxygens (including phenoxy) is 1. The number of rotatable bonds is 7. The van der Waals surface area contributed by atoms with Gasteiger partial charge < -0.3 is 9.64 Å². The highest BCUT2D eigenvalue weighted by Gasteiger charge is 2.35. The number of carbonyl (C=O) groups excluding carboxylic acids is 2. The van der Waals surface area contributed by atoms with E-state index in [1.54, 1.807) is 4.90 Å². The van der Waals surface area contributed by atoms with Gasteiger partial charge in [0.1, 0.15) is 6.04 Å². The maximum absolute atomic E-state index is 13.0. The number of carbonyl (C=O) groups is 2. The average molecular weight is 373 g/mol. The third-order valence-corrected chi connectivity index (χ3v) is 5.83. The van der Waals surface area contributed by atoms with E-state index in [9.17, 15) is 9.59 Å². The molecule has 2 heterocycles. The molecule has 0 aromatic heterocycles. The van der Waals surface area contributed by atoms with Crippen LogP contribution in [0.1, 0.15) is 51.0 Å². The van der Waals surface area contributed by atoms with Gasteiger partial charge in [0.25, 0.3) is 0 Å². The van der Waals surface area contributed by atoms with Crippen molar-refractivity contribution in [2.75, 3.05) is 26.2 Å². The van der Waals surface area contributed by atoms with Crippen LogP contribution in [-0.2, 0) is 20.7 Å². The fraction of sp³-hybridized carbons (Fsp3) is 0.636. The number of aryl methyl sites for hydroxylation is 1. The lowest BCUT2D eigenvalue weighted by Crippen LogP contribution is -2.52. The molecule has 0 radical (unpaired) electrons. The number of hydrogen-bond donors (Lipinski definition) is 0. The summed E-state index contributed by atoms with van der Waals surface area (Å²) in [5.41, 5.74) is 1.36. The van der Waals surface area contributed by atoms with Crippen molar-refractivity contribution in [1.82, 2.24) is 9.80 Å². The quantitative estimate of drug-likeness (QED) is 0.691. The normalized spacial score (nSPS) is 23.4. The maximum Gasteiger partial charge on any atom is 0.328 e. The molecule has 27 heavy (non-hydrogen) atoms. The van der Waals surface area contributed by atoms with E-state index in [1.807, 2.05) is 13.0 Å². The number of piperidine rings is 1. The van der Waals surface area contributed by atoms with Crippen molar-refractivity contribution in [2.45, 2.75) is 64.0 Å². The molecule has 1 aromatic rings. The Kier molecular flexibility index (Phi) is 7.27. The number of likely N-dealkylation sites (tertiary alicyclic amines) is 2. The van der Waals surface area contributed by atoms with Crippen LogP contribution in [0.3, 0.4) is 0 Å². The third-order valence-electron chi connectivity index (χ3n) is 5.83. The first-order valence-corrected chi connectivity index (χ1v) is 10.4. The van der Waals surface area contributed by atoms with Gasteiger partial charge in [-0.1, -0.05) is 30.3 Å². The zero-order chi connectivity index (χ0) is 19.1. The van der Waals surface area contributed by atoms with Crippen LogP contribution in [0.15, 0.2) is 30.3 Å². The lowest BCUT2D eigenvalue weighted by Gasteiger charge is -2.36. The highest BCUT2D eigenvalue weighted by atomic mass is 16.5. The molecule has 148 valence electrons. The van der Waals surface area contributed by atoms with Crippen LogP contribution in [0, 0.1) is 0 Å². The Morgan fingerprint density at radius 1 is 1.07 bits per heavy atom. The van der Waals surface area contributed by atoms with Gasteiger partial charge in [-0.05, 0) is 64.0 Å². The Labute approximate surface area is 162 Å². The zero-order valence-corrected chi connectivity index (χ0v) is 16.4. The monoisotopic (exact) mass is 372 g/mol. The van der Waals surface area contributed by atoms with Crippen LogP contribution < -0.4 is 0 Å². The Morgan fingerprint density at radius 3 is 2.67 bits per heavy atom. The highest BCUT2D eigenvalue weighted by molar-refractivity contribution is 5.85. The van der Waals surface area contributed by atoms with Crippen LogP contribution in [0.2, 0.25) is 0 Å². The number of benzene rings is 1. The Bertz CT molecular complexity index is 619. The summed E-state index contributed by atoms with van der Waals surface area (Å²) < 4.78 is 5.19. The van der Waals surface area contributed by atoms with Crippen LogP contribution in [0.5, 0.6) is 0 Å². The number of esters is 1. The van der Waals surface area contributed by atoms with E-state index in [0.29, 0.717) is 25.7 Å². The van der Waals surface area contributed by atoms with Crippen molar-refractivity contribution >= 4 is 11.9 Å². The number of hydrogen-bond acceptors (Lipinski definition) is 4. The van der Waals surface area contributed by atoms with Gasteiger partial charge in [-0.15, -0.1) is 0 Å². The molecule has 1 aromatic carbocycles. The van der Waals surface area contributed by atoms with E-state index in [-0.39, 0.29) is 11.9 Å². The van der Waals surface area contributed by atoms with Gasteiger partial charge in [0.2, 0.25) is 5.91 Å². The molecule has 3 rings (SSSR count). The molecule has 2 fully saturated rings. The first-order valence-electron chi connectivity index (χ1n) is 10.4. The van der Waals surface area contributed by atoms with Crippen molar-refractivity contribution in [3.8, 4) is 0 Å². The van der Waals surface area contributed by atoms with Gasteiger partial charge >= 0.3 is 5.97 Å². The SMILES string of the molecule is CCOC(=O)[C@H]1CCCCN1C(=O)CN1CCC[C@H]1CCc1ccccc1. The lowest BCUT2D eigenvalue weighted by molar-refractivity contribution is -0.157. The molecule has 0 saturated carbocycles. The predicted molar refractivity (Wildman–Crippen MR) is 105 cm³/mol. The molecule has 1 amide bonds. The summed E-state index contributed by atoms with van der Waals surface area (Å²) in [6.07, 6.45) is 7.11. The topological polar surface area (TPSA) is 49.9 Å². The Morgan fingerprint density at radius 2 is 1.89 bits per heavy atom. The standard InChI is InChI=1S/C22H32N2O3/c1-2-27-22(26)20-12-6-7-16-24(20)21(25)17-23-15-8-11-19(23)14-13-18-9-4-3-5-10-18/h3-5,9-10,19-20H,2,6-8,11-17H2,1H3/t19-,20+/m0/s1. The molecule has 0 aliphatic carbocycles. The summed E-state index contributed by atoms with van der Waals surface area (Å²) in [4.78, 5) is 29.3. The van der Waals surface area contributed by atoms with Crippen LogP contribution >= 0.6 is 0 Å². The summed E-state index contributed by atoms with van der Waals surface area (Å²) in [5.74, 6) is -0.160. The molecular weight excluding hydrogens is 340 g/mol. The molecule has 5 nitrogen and oxygen atoms in total. The second-order valence-corrected chi connectivity index (χ2v) is 7.64. The molecule has 2 aliphatic heterocycles. The zero-order valence-electron chi connectivity index (χ0n) is 16.4. The van der Waals surface area contributed by atoms with Crippen LogP contribution in [0.25, 0.3) is 0 Å². The van der Waals surface area contributed by atoms with E-state index in [4.69, 9.17) is 4.74 Å². The van der Waals surface area contributed by atoms with Crippen molar-refractivity contribution in [3.63, 3.8) is 0 Å². The van der Waals surface area contributed by atoms with Gasteiger partial charge in [-0.25, -0.2) is 4.79 Å². The molecule has 2 saturated heterocycles. The van der Waals surface area contributed by atoms with Crippen molar-refractivity contribution in [2.24, 2.45) is 0 Å². The van der Waals surface area contributed by atoms with Crippen LogP contribution in [-0.4, -0.2) is 60.0 Å². The summed E-state index contributed by atoms with van der Waals surface area (Å²) in [6.45, 7) is 4.25. The molecule has 0 N–H and O–H groups in total. The van der Waals surface area contributed by atoms with E-state index < -0.39 is 6.04 Å². The smallest absolute Gasteiger partial charge is 0.328 e. The lowest BCUT2D eigenvalue weighted by atomic mass is 10.0. The average Bonchev–Trinajstić information content (AvgIpc) is 3.14. The fourth-order valence-electron chi connectivity index (χ4n) is 4.39. The van der Waals surface area contributed by atoms with Gasteiger partial charge in [0, 0.05) is 12.6 Å². The second-order valence-electron chi connectivity index (χ2n) is 7.64. The van der Waals surface area contributed by atoms with Gasteiger partial charge in [-0.3, -0.25) is 9.69 Å². The van der Waals surface area contributed by atoms with Crippen molar-refractivity contribution in [1.29, 1.82) is 0 Å². The number of nitrogens with zero attached hydrogens (tertiary/aromatic N) is 2. The third kappa shape index (κ3) is 5.32. The molecular formula is C22H32N2O3. The molecule has 2 aliphatic rings. The van der Waals surface area contributed by atoms with E-state index in [2.05, 4.69) is 29.2 Å². The van der Waals surface area contributed by atoms with Gasteiger partial charge in [0.05, 0.1) is 13.2 Å². The van der Waals surface area contributed by atoms with Gasteiger partial charge in [-0.2, -0.15) is 0 Å². The molecule has 0 unspecified atom stereocenters. The highest BCUT2D eigenvalue weighted by Crippen LogP contribution is 2.24. The van der Waals surface area contributed by atoms with Crippen molar-refractivity contribution in [3.05, 3.63) is 35.9 Å². The van der Waals surface area contributed by atoms with Crippen LogP contribution in [0.4, 0.5) is 0 Å². The van der Waals surface area contributed by atoms with E-state index in [1.165, 1.54) is 5.56 Å². The molecule has 0 bridgehead atoms. The molecule has 5 heteroatoms. The summed E-state index contributed by atoms with van der Waals surface area (Å²) in [6, 6.07) is 10.6. The first-order chi connectivity index (χ1) is 13.2. The fourth-order valence-corrected chi connectivity index (χ4v) is 4.39. The summed E-state index contributed by atoms with van der Waals surface area (Å²) >= 11 is 0. The van der Waals surface area contributed by atoms with Crippen molar-refractivity contribution < 1.29 is 14.3 Å². The minimum absolute atomic E-state index is 0.0827. The van der Waals surface area contributed by atoms with E-state index >= 15 is 0 Å². The molecule has 2 atom stereocenters. The minimum atomic E-state index is -0.392. The maximum atomic E-state index is 13.0. The second kappa shape index (κ2) is 9.88. The van der Waals surface area contributed by atoms with Gasteiger partial charge in [0.15, 0.2) is 0 Å². The van der Waals surface area contributed by atoms with E-state index in [0.717, 1.165) is 51.5 Å². The summed E-state index contributed by atoms with van der Waals surface area (Å²) in [5, 5.41) is 0. The Balaban J connectivity index is 1.55. The molecule has 0 spiro atoms. The summed E-state index contributed by atoms with van der Waals surface area (Å²) in [7, 11) is 0. The first kappa shape index (κ1) is 19.9. The minimum Gasteiger partial charge on any atom is -0.464 e. The Hall–Kier alpha value is -1.88.